The number of hydrogen-bond acceptors (Lipinski definition) is 2. The summed E-state index contributed by atoms with van der Waals surface area (Å²) in [6, 6.07) is 2.34. The molecule has 4 nitrogen and oxygen atoms in total. The van der Waals surface area contributed by atoms with E-state index in [1.165, 1.54) is 6.07 Å². The molecule has 92 valence electrons. The van der Waals surface area contributed by atoms with Gasteiger partial charge < -0.3 is 5.73 Å². The molecule has 0 aliphatic rings. The van der Waals surface area contributed by atoms with Crippen molar-refractivity contribution < 1.29 is 18.0 Å². The second-order valence-corrected chi connectivity index (χ2v) is 4.13. The monoisotopic (exact) mass is 357 g/mol. The second kappa shape index (κ2) is 5.34. The van der Waals surface area contributed by atoms with Crippen LogP contribution in [-0.2, 0) is 6.18 Å². The predicted molar refractivity (Wildman–Crippen MR) is 64.5 cm³/mol. The first-order valence-corrected chi connectivity index (χ1v) is 5.34. The summed E-state index contributed by atoms with van der Waals surface area (Å²) < 4.78 is 37.8. The molecule has 8 heteroatoms. The summed E-state index contributed by atoms with van der Waals surface area (Å²) in [7, 11) is 0. The normalized spacial score (nSPS) is 11.8. The summed E-state index contributed by atoms with van der Waals surface area (Å²) in [6.07, 6.45) is -3.31. The number of nitrogens with zero attached hydrogens (tertiary/aromatic N) is 1. The minimum absolute atomic E-state index is 0.245. The van der Waals surface area contributed by atoms with Gasteiger partial charge in [0, 0.05) is 9.13 Å². The van der Waals surface area contributed by atoms with E-state index in [4.69, 9.17) is 5.73 Å². The number of rotatable bonds is 2. The van der Waals surface area contributed by atoms with Gasteiger partial charge in [-0.15, -0.1) is 0 Å². The number of carbonyl (C=O) groups is 1. The smallest absolute Gasteiger partial charge is 0.350 e. The van der Waals surface area contributed by atoms with Crippen molar-refractivity contribution in [2.45, 2.75) is 6.18 Å². The van der Waals surface area contributed by atoms with Crippen molar-refractivity contribution in [1.29, 1.82) is 0 Å². The van der Waals surface area contributed by atoms with Gasteiger partial charge in [-0.1, -0.05) is 0 Å². The summed E-state index contributed by atoms with van der Waals surface area (Å²) in [5, 5.41) is 3.40. The molecule has 0 fully saturated rings. The highest BCUT2D eigenvalue weighted by Crippen LogP contribution is 2.30. The van der Waals surface area contributed by atoms with Crippen LogP contribution >= 0.6 is 22.6 Å². The van der Waals surface area contributed by atoms with Crippen LogP contribution in [0.15, 0.2) is 23.3 Å². The van der Waals surface area contributed by atoms with Gasteiger partial charge in [-0.2, -0.15) is 18.3 Å². The number of benzene rings is 1. The van der Waals surface area contributed by atoms with Gasteiger partial charge in [0.2, 0.25) is 0 Å². The van der Waals surface area contributed by atoms with Crippen molar-refractivity contribution in [3.8, 4) is 0 Å². The number of alkyl halides is 3. The molecule has 0 saturated heterocycles. The van der Waals surface area contributed by atoms with Crippen LogP contribution in [0.3, 0.4) is 0 Å². The largest absolute Gasteiger partial charge is 0.416 e. The van der Waals surface area contributed by atoms with Crippen LogP contribution in [-0.4, -0.2) is 12.2 Å². The van der Waals surface area contributed by atoms with E-state index in [2.05, 4.69) is 5.10 Å². The van der Waals surface area contributed by atoms with E-state index in [1.54, 1.807) is 0 Å². The van der Waals surface area contributed by atoms with Crippen LogP contribution in [0.2, 0.25) is 0 Å². The maximum absolute atomic E-state index is 12.4. The summed E-state index contributed by atoms with van der Waals surface area (Å²) in [5.41, 5.74) is 6.12. The van der Waals surface area contributed by atoms with Crippen LogP contribution in [0.1, 0.15) is 11.1 Å². The van der Waals surface area contributed by atoms with Crippen LogP contribution in [0.25, 0.3) is 0 Å². The number of carbonyl (C=O) groups excluding carboxylic acids is 1. The van der Waals surface area contributed by atoms with Gasteiger partial charge in [0.25, 0.3) is 0 Å². The van der Waals surface area contributed by atoms with Crippen LogP contribution in [0.4, 0.5) is 18.0 Å². The van der Waals surface area contributed by atoms with Crippen molar-refractivity contribution in [3.63, 3.8) is 0 Å². The zero-order valence-electron chi connectivity index (χ0n) is 8.25. The molecule has 1 rings (SSSR count). The standard InChI is InChI=1S/C9H7F3IN3O/c10-9(11,12)6-1-2-7(13)5(3-6)4-15-16-8(14)17/h1-4H,(H3,14,16,17). The summed E-state index contributed by atoms with van der Waals surface area (Å²) in [6.45, 7) is 0. The third-order valence-electron chi connectivity index (χ3n) is 1.70. The number of nitrogens with one attached hydrogen (secondary N) is 1. The molecule has 3 N–H and O–H groups in total. The molecule has 0 spiro atoms. The highest BCUT2D eigenvalue weighted by molar-refractivity contribution is 14.1. The summed E-state index contributed by atoms with van der Waals surface area (Å²) in [4.78, 5) is 10.3. The molecule has 1 aromatic carbocycles. The number of urea groups is 1. The van der Waals surface area contributed by atoms with Crippen molar-refractivity contribution in [1.82, 2.24) is 5.43 Å². The van der Waals surface area contributed by atoms with Crippen LogP contribution < -0.4 is 11.2 Å². The Labute approximate surface area is 108 Å². The van der Waals surface area contributed by atoms with Crippen molar-refractivity contribution in [2.75, 3.05) is 0 Å². The minimum Gasteiger partial charge on any atom is -0.350 e. The van der Waals surface area contributed by atoms with Crippen LogP contribution in [0, 0.1) is 3.57 Å². The van der Waals surface area contributed by atoms with E-state index >= 15 is 0 Å². The van der Waals surface area contributed by atoms with E-state index < -0.39 is 17.8 Å². The van der Waals surface area contributed by atoms with Crippen molar-refractivity contribution in [3.05, 3.63) is 32.9 Å². The molecule has 0 aromatic heterocycles. The summed E-state index contributed by atoms with van der Waals surface area (Å²) in [5.74, 6) is 0. The van der Waals surface area contributed by atoms with Gasteiger partial charge in [0.05, 0.1) is 11.8 Å². The fourth-order valence-corrected chi connectivity index (χ4v) is 1.46. The molecule has 0 bridgehead atoms. The first-order chi connectivity index (χ1) is 7.80. The Kier molecular flexibility index (Phi) is 4.32. The number of amides is 2. The van der Waals surface area contributed by atoms with Gasteiger partial charge in [-0.3, -0.25) is 0 Å². The summed E-state index contributed by atoms with van der Waals surface area (Å²) >= 11 is 1.86. The number of halogens is 4. The second-order valence-electron chi connectivity index (χ2n) is 2.97. The molecule has 1 aromatic rings. The van der Waals surface area contributed by atoms with Gasteiger partial charge in [-0.05, 0) is 40.8 Å². The number of primary amides is 1. The molecule has 0 unspecified atom stereocenters. The quantitative estimate of drug-likeness (QED) is 0.476. The Morgan fingerprint density at radius 1 is 1.47 bits per heavy atom. The Balaban J connectivity index is 2.99. The molecule has 0 saturated carbocycles. The Morgan fingerprint density at radius 3 is 2.65 bits per heavy atom. The molecular weight excluding hydrogens is 350 g/mol. The Bertz CT molecular complexity index is 459. The van der Waals surface area contributed by atoms with E-state index in [0.29, 0.717) is 3.57 Å². The number of nitrogens with two attached hydrogens (primary N) is 1. The van der Waals surface area contributed by atoms with E-state index in [0.717, 1.165) is 18.3 Å². The third kappa shape index (κ3) is 4.21. The lowest BCUT2D eigenvalue weighted by Crippen LogP contribution is -2.24. The molecule has 0 heterocycles. The van der Waals surface area contributed by atoms with Crippen LogP contribution in [0.5, 0.6) is 0 Å². The first-order valence-electron chi connectivity index (χ1n) is 4.26. The lowest BCUT2D eigenvalue weighted by Gasteiger charge is -2.08. The third-order valence-corrected chi connectivity index (χ3v) is 2.68. The average molecular weight is 357 g/mol. The lowest BCUT2D eigenvalue weighted by molar-refractivity contribution is -0.137. The highest BCUT2D eigenvalue weighted by atomic mass is 127. The number of hydrazone groups is 1. The maximum Gasteiger partial charge on any atom is 0.416 e. The molecule has 0 aliphatic carbocycles. The topological polar surface area (TPSA) is 67.5 Å². The van der Waals surface area contributed by atoms with E-state index in [-0.39, 0.29) is 5.56 Å². The minimum atomic E-state index is -4.41. The first kappa shape index (κ1) is 13.7. The predicted octanol–water partition coefficient (Wildman–Crippen LogP) is 2.31. The fourth-order valence-electron chi connectivity index (χ4n) is 0.984. The van der Waals surface area contributed by atoms with Gasteiger partial charge in [0.15, 0.2) is 0 Å². The van der Waals surface area contributed by atoms with Crippen molar-refractivity contribution >= 4 is 34.8 Å². The molecule has 2 amide bonds. The molecule has 0 atom stereocenters. The van der Waals surface area contributed by atoms with Gasteiger partial charge in [-0.25, -0.2) is 10.2 Å². The number of hydrogen-bond donors (Lipinski definition) is 2. The van der Waals surface area contributed by atoms with Crippen molar-refractivity contribution in [2.24, 2.45) is 10.8 Å². The lowest BCUT2D eigenvalue weighted by atomic mass is 10.1. The Morgan fingerprint density at radius 2 is 2.12 bits per heavy atom. The SMILES string of the molecule is NC(=O)NN=Cc1cc(C(F)(F)F)ccc1I. The zero-order valence-corrected chi connectivity index (χ0v) is 10.4. The van der Waals surface area contributed by atoms with E-state index in [1.807, 2.05) is 28.0 Å². The molecular formula is C9H7F3IN3O. The fraction of sp³-hybridized carbons (Fsp3) is 0.111. The highest BCUT2D eigenvalue weighted by Gasteiger charge is 2.30. The Hall–Kier alpha value is -1.32. The van der Waals surface area contributed by atoms with Gasteiger partial charge >= 0.3 is 12.2 Å². The average Bonchev–Trinajstić information content (AvgIpc) is 2.18. The molecule has 0 radical (unpaired) electrons. The van der Waals surface area contributed by atoms with E-state index in [9.17, 15) is 18.0 Å². The van der Waals surface area contributed by atoms with Gasteiger partial charge in [0.1, 0.15) is 0 Å². The maximum atomic E-state index is 12.4. The molecule has 0 aliphatic heterocycles. The zero-order chi connectivity index (χ0) is 13.1. The molecule has 17 heavy (non-hydrogen) atoms.